The van der Waals surface area contributed by atoms with Crippen LogP contribution < -0.4 is 10.1 Å². The molecule has 0 aromatic heterocycles. The van der Waals surface area contributed by atoms with Crippen LogP contribution in [-0.4, -0.2) is 25.1 Å². The Kier molecular flexibility index (Phi) is 5.82. The van der Waals surface area contributed by atoms with Gasteiger partial charge in [0.25, 0.3) is 5.91 Å². The van der Waals surface area contributed by atoms with E-state index in [0.29, 0.717) is 22.0 Å². The highest BCUT2D eigenvalue weighted by Crippen LogP contribution is 2.20. The minimum Gasteiger partial charge on any atom is -0.497 e. The van der Waals surface area contributed by atoms with Crippen molar-refractivity contribution in [2.24, 2.45) is 0 Å². The smallest absolute Gasteiger partial charge is 0.338 e. The molecule has 0 aliphatic rings. The van der Waals surface area contributed by atoms with Crippen molar-refractivity contribution in [1.82, 2.24) is 0 Å². The minimum absolute atomic E-state index is 0.342. The van der Waals surface area contributed by atoms with Gasteiger partial charge in [-0.15, -0.1) is 0 Å². The third-order valence-corrected chi connectivity index (χ3v) is 3.83. The molecule has 0 aliphatic carbocycles. The molecule has 1 N–H and O–H groups in total. The van der Waals surface area contributed by atoms with Crippen molar-refractivity contribution in [2.45, 2.75) is 20.0 Å². The van der Waals surface area contributed by atoms with Crippen LogP contribution in [0.2, 0.25) is 5.02 Å². The van der Waals surface area contributed by atoms with Crippen LogP contribution in [-0.2, 0) is 9.53 Å². The molecule has 24 heavy (non-hydrogen) atoms. The van der Waals surface area contributed by atoms with Crippen LogP contribution in [0.25, 0.3) is 0 Å². The lowest BCUT2D eigenvalue weighted by Crippen LogP contribution is -2.30. The summed E-state index contributed by atoms with van der Waals surface area (Å²) in [5.74, 6) is -0.382. The largest absolute Gasteiger partial charge is 0.497 e. The average Bonchev–Trinajstić information content (AvgIpc) is 2.58. The Balaban J connectivity index is 1.97. The number of benzene rings is 2. The van der Waals surface area contributed by atoms with Crippen LogP contribution in [0, 0.1) is 6.92 Å². The summed E-state index contributed by atoms with van der Waals surface area (Å²) in [6, 6.07) is 11.6. The molecule has 1 atom stereocenters. The van der Waals surface area contributed by atoms with Gasteiger partial charge in [-0.25, -0.2) is 4.79 Å². The molecule has 126 valence electrons. The monoisotopic (exact) mass is 347 g/mol. The van der Waals surface area contributed by atoms with E-state index in [2.05, 4.69) is 5.32 Å². The lowest BCUT2D eigenvalue weighted by Gasteiger charge is -2.14. The number of ether oxygens (including phenoxy) is 2. The summed E-state index contributed by atoms with van der Waals surface area (Å²) in [5, 5.41) is 3.22. The molecule has 2 rings (SSSR count). The number of carbonyl (C=O) groups is 2. The summed E-state index contributed by atoms with van der Waals surface area (Å²) in [7, 11) is 1.54. The van der Waals surface area contributed by atoms with Crippen molar-refractivity contribution in [2.75, 3.05) is 12.4 Å². The Morgan fingerprint density at radius 2 is 1.79 bits per heavy atom. The van der Waals surface area contributed by atoms with Gasteiger partial charge in [0.1, 0.15) is 5.75 Å². The number of amides is 1. The van der Waals surface area contributed by atoms with Crippen LogP contribution >= 0.6 is 11.6 Å². The number of aryl methyl sites for hydroxylation is 1. The molecular formula is C18H18ClNO4. The summed E-state index contributed by atoms with van der Waals surface area (Å²) in [5.41, 5.74) is 1.80. The first-order chi connectivity index (χ1) is 11.4. The lowest BCUT2D eigenvalue weighted by molar-refractivity contribution is -0.123. The molecule has 0 spiro atoms. The van der Waals surface area contributed by atoms with Crippen LogP contribution in [0.15, 0.2) is 42.5 Å². The van der Waals surface area contributed by atoms with Crippen LogP contribution in [0.5, 0.6) is 5.75 Å². The summed E-state index contributed by atoms with van der Waals surface area (Å²) in [4.78, 5) is 24.2. The minimum atomic E-state index is -0.945. The van der Waals surface area contributed by atoms with Crippen LogP contribution in [0.3, 0.4) is 0 Å². The maximum atomic E-state index is 12.1. The molecular weight excluding hydrogens is 330 g/mol. The van der Waals surface area contributed by atoms with Crippen LogP contribution in [0.4, 0.5) is 5.69 Å². The average molecular weight is 348 g/mol. The molecule has 5 nitrogen and oxygen atoms in total. The molecule has 0 unspecified atom stereocenters. The lowest BCUT2D eigenvalue weighted by atomic mass is 10.2. The molecule has 0 bridgehead atoms. The fourth-order valence-corrected chi connectivity index (χ4v) is 2.10. The number of hydrogen-bond acceptors (Lipinski definition) is 4. The second-order valence-electron chi connectivity index (χ2n) is 5.23. The second kappa shape index (κ2) is 7.84. The first-order valence-corrected chi connectivity index (χ1v) is 7.70. The van der Waals surface area contributed by atoms with E-state index in [1.165, 1.54) is 14.0 Å². The van der Waals surface area contributed by atoms with Gasteiger partial charge in [-0.2, -0.15) is 0 Å². The second-order valence-corrected chi connectivity index (χ2v) is 5.64. The molecule has 0 saturated carbocycles. The van der Waals surface area contributed by atoms with Gasteiger partial charge in [0, 0.05) is 10.7 Å². The van der Waals surface area contributed by atoms with Gasteiger partial charge in [-0.05, 0) is 55.8 Å². The van der Waals surface area contributed by atoms with Crippen molar-refractivity contribution in [3.8, 4) is 5.75 Å². The Morgan fingerprint density at radius 3 is 2.38 bits per heavy atom. The van der Waals surface area contributed by atoms with Crippen molar-refractivity contribution >= 4 is 29.2 Å². The molecule has 0 fully saturated rings. The number of esters is 1. The third-order valence-electron chi connectivity index (χ3n) is 3.42. The summed E-state index contributed by atoms with van der Waals surface area (Å²) in [6.45, 7) is 3.37. The standard InChI is InChI=1S/C18H18ClNO4/c1-11-4-7-14(10-16(11)19)20-17(21)12(2)24-18(22)13-5-8-15(23-3)9-6-13/h4-10,12H,1-3H3,(H,20,21)/t12-/m0/s1. The van der Waals surface area contributed by atoms with E-state index >= 15 is 0 Å². The Morgan fingerprint density at radius 1 is 1.12 bits per heavy atom. The van der Waals surface area contributed by atoms with E-state index in [1.54, 1.807) is 42.5 Å². The Hall–Kier alpha value is -2.53. The molecule has 1 amide bonds. The third kappa shape index (κ3) is 4.49. The quantitative estimate of drug-likeness (QED) is 0.834. The molecule has 0 heterocycles. The van der Waals surface area contributed by atoms with Gasteiger partial charge in [0.15, 0.2) is 6.10 Å². The number of halogens is 1. The Labute approximate surface area is 145 Å². The maximum Gasteiger partial charge on any atom is 0.338 e. The maximum absolute atomic E-state index is 12.1. The van der Waals surface area contributed by atoms with Gasteiger partial charge in [0.05, 0.1) is 12.7 Å². The fourth-order valence-electron chi connectivity index (χ4n) is 1.92. The highest BCUT2D eigenvalue weighted by atomic mass is 35.5. The molecule has 2 aromatic carbocycles. The van der Waals surface area contributed by atoms with Crippen molar-refractivity contribution < 1.29 is 19.1 Å². The van der Waals surface area contributed by atoms with Crippen LogP contribution in [0.1, 0.15) is 22.8 Å². The zero-order valence-electron chi connectivity index (χ0n) is 13.6. The van der Waals surface area contributed by atoms with E-state index in [4.69, 9.17) is 21.1 Å². The predicted molar refractivity (Wildman–Crippen MR) is 92.7 cm³/mol. The number of hydrogen-bond donors (Lipinski definition) is 1. The molecule has 6 heteroatoms. The number of nitrogens with one attached hydrogen (secondary N) is 1. The molecule has 0 aliphatic heterocycles. The highest BCUT2D eigenvalue weighted by molar-refractivity contribution is 6.31. The van der Waals surface area contributed by atoms with E-state index in [1.807, 2.05) is 6.92 Å². The highest BCUT2D eigenvalue weighted by Gasteiger charge is 2.19. The topological polar surface area (TPSA) is 64.6 Å². The van der Waals surface area contributed by atoms with Gasteiger partial charge < -0.3 is 14.8 Å². The molecule has 0 radical (unpaired) electrons. The number of rotatable bonds is 5. The summed E-state index contributed by atoms with van der Waals surface area (Å²) in [6.07, 6.45) is -0.945. The van der Waals surface area contributed by atoms with Crippen molar-refractivity contribution in [1.29, 1.82) is 0 Å². The number of methoxy groups -OCH3 is 1. The van der Waals surface area contributed by atoms with Gasteiger partial charge in [-0.1, -0.05) is 17.7 Å². The summed E-state index contributed by atoms with van der Waals surface area (Å²) >= 11 is 6.02. The van der Waals surface area contributed by atoms with Gasteiger partial charge >= 0.3 is 5.97 Å². The summed E-state index contributed by atoms with van der Waals surface area (Å²) < 4.78 is 10.2. The number of carbonyl (C=O) groups excluding carboxylic acids is 2. The van der Waals surface area contributed by atoms with E-state index in [-0.39, 0.29) is 0 Å². The van der Waals surface area contributed by atoms with E-state index < -0.39 is 18.0 Å². The van der Waals surface area contributed by atoms with Crippen molar-refractivity contribution in [3.63, 3.8) is 0 Å². The fraction of sp³-hybridized carbons (Fsp3) is 0.222. The van der Waals surface area contributed by atoms with Gasteiger partial charge in [0.2, 0.25) is 0 Å². The van der Waals surface area contributed by atoms with E-state index in [0.717, 1.165) is 5.56 Å². The van der Waals surface area contributed by atoms with E-state index in [9.17, 15) is 9.59 Å². The first kappa shape index (κ1) is 17.8. The first-order valence-electron chi connectivity index (χ1n) is 7.32. The molecule has 2 aromatic rings. The van der Waals surface area contributed by atoms with Gasteiger partial charge in [-0.3, -0.25) is 4.79 Å². The predicted octanol–water partition coefficient (Wildman–Crippen LogP) is 3.84. The normalized spacial score (nSPS) is 11.5. The zero-order valence-corrected chi connectivity index (χ0v) is 14.4. The SMILES string of the molecule is COc1ccc(C(=O)O[C@@H](C)C(=O)Nc2ccc(C)c(Cl)c2)cc1. The number of anilines is 1. The zero-order chi connectivity index (χ0) is 17.7. The Bertz CT molecular complexity index is 743. The van der Waals surface area contributed by atoms with Crippen molar-refractivity contribution in [3.05, 3.63) is 58.6 Å². The molecule has 0 saturated heterocycles.